The van der Waals surface area contributed by atoms with E-state index in [1.807, 2.05) is 0 Å². The highest BCUT2D eigenvalue weighted by atomic mass is 15.4. The molecular weight excluding hydrogens is 172 g/mol. The van der Waals surface area contributed by atoms with Gasteiger partial charge in [0, 0.05) is 18.0 Å². The lowest BCUT2D eigenvalue weighted by Gasteiger charge is -2.44. The highest BCUT2D eigenvalue weighted by Crippen LogP contribution is 2.35. The van der Waals surface area contributed by atoms with Crippen molar-refractivity contribution in [3.63, 3.8) is 0 Å². The van der Waals surface area contributed by atoms with Crippen molar-refractivity contribution >= 4 is 0 Å². The number of fused-ring (bicyclic) bond motifs is 3. The Balaban J connectivity index is 1.86. The van der Waals surface area contributed by atoms with Gasteiger partial charge in [0.05, 0.1) is 0 Å². The second kappa shape index (κ2) is 3.37. The second-order valence-electron chi connectivity index (χ2n) is 4.42. The summed E-state index contributed by atoms with van der Waals surface area (Å²) in [6.45, 7) is 0. The summed E-state index contributed by atoms with van der Waals surface area (Å²) in [4.78, 5) is 0. The molecule has 0 unspecified atom stereocenters. The summed E-state index contributed by atoms with van der Waals surface area (Å²) < 4.78 is 0. The maximum atomic E-state index is 3.42. The fourth-order valence-corrected chi connectivity index (χ4v) is 2.77. The van der Waals surface area contributed by atoms with Gasteiger partial charge in [-0.15, -0.1) is 0 Å². The molecule has 1 aromatic rings. The van der Waals surface area contributed by atoms with Crippen LogP contribution in [0.4, 0.5) is 0 Å². The standard InChI is InChI=1S/C12H16N2/c1-2-4-9(5-3-1)11-8-10-6-7-12(11)14-13-10/h1-5,10-14H,6-8H2/t10-,11-,12+/m1/s1. The molecule has 0 radical (unpaired) electrons. The van der Waals surface area contributed by atoms with Crippen LogP contribution in [0.3, 0.4) is 0 Å². The minimum Gasteiger partial charge on any atom is -0.254 e. The molecule has 2 heterocycles. The van der Waals surface area contributed by atoms with Crippen molar-refractivity contribution in [3.05, 3.63) is 35.9 Å². The molecule has 2 aliphatic heterocycles. The van der Waals surface area contributed by atoms with Gasteiger partial charge in [0.2, 0.25) is 0 Å². The molecule has 3 fully saturated rings. The molecule has 2 nitrogen and oxygen atoms in total. The first kappa shape index (κ1) is 8.45. The molecule has 2 saturated heterocycles. The van der Waals surface area contributed by atoms with Gasteiger partial charge in [-0.25, -0.2) is 0 Å². The first-order valence-electron chi connectivity index (χ1n) is 5.49. The molecule has 4 rings (SSSR count). The third-order valence-corrected chi connectivity index (χ3v) is 3.55. The Bertz CT molecular complexity index is 301. The Morgan fingerprint density at radius 3 is 2.43 bits per heavy atom. The number of hydrazine groups is 1. The van der Waals surface area contributed by atoms with Crippen LogP contribution in [0.25, 0.3) is 0 Å². The molecule has 1 aromatic carbocycles. The van der Waals surface area contributed by atoms with Crippen LogP contribution >= 0.6 is 0 Å². The monoisotopic (exact) mass is 188 g/mol. The van der Waals surface area contributed by atoms with E-state index < -0.39 is 0 Å². The van der Waals surface area contributed by atoms with E-state index in [0.29, 0.717) is 12.1 Å². The highest BCUT2D eigenvalue weighted by Gasteiger charge is 2.35. The van der Waals surface area contributed by atoms with Crippen LogP contribution in [0.5, 0.6) is 0 Å². The normalized spacial score (nSPS) is 35.9. The van der Waals surface area contributed by atoms with Crippen LogP contribution in [-0.2, 0) is 0 Å². The molecule has 0 amide bonds. The lowest BCUT2D eigenvalue weighted by atomic mass is 9.76. The summed E-state index contributed by atoms with van der Waals surface area (Å²) in [5.41, 5.74) is 8.28. The highest BCUT2D eigenvalue weighted by molar-refractivity contribution is 5.23. The van der Waals surface area contributed by atoms with E-state index in [9.17, 15) is 0 Å². The zero-order valence-electron chi connectivity index (χ0n) is 8.24. The number of hydrogen-bond donors (Lipinski definition) is 2. The fourth-order valence-electron chi connectivity index (χ4n) is 2.77. The maximum Gasteiger partial charge on any atom is 0.0282 e. The molecular formula is C12H16N2. The molecule has 1 aliphatic carbocycles. The van der Waals surface area contributed by atoms with Crippen molar-refractivity contribution in [1.82, 2.24) is 10.9 Å². The van der Waals surface area contributed by atoms with Gasteiger partial charge in [0.15, 0.2) is 0 Å². The molecule has 14 heavy (non-hydrogen) atoms. The quantitative estimate of drug-likeness (QED) is 0.702. The maximum absolute atomic E-state index is 3.42. The Labute approximate surface area is 84.7 Å². The molecule has 2 bridgehead atoms. The van der Waals surface area contributed by atoms with Crippen molar-refractivity contribution in [2.24, 2.45) is 0 Å². The molecule has 2 N–H and O–H groups in total. The topological polar surface area (TPSA) is 24.1 Å². The Morgan fingerprint density at radius 2 is 1.86 bits per heavy atom. The number of hydrogen-bond acceptors (Lipinski definition) is 2. The lowest BCUT2D eigenvalue weighted by Crippen LogP contribution is -2.59. The minimum atomic E-state index is 0.641. The Morgan fingerprint density at radius 1 is 1.00 bits per heavy atom. The van der Waals surface area contributed by atoms with Crippen LogP contribution in [-0.4, -0.2) is 12.1 Å². The van der Waals surface area contributed by atoms with E-state index in [1.54, 1.807) is 0 Å². The SMILES string of the molecule is c1ccc([C@H]2C[C@H]3CC[C@@H]2NN3)cc1. The second-order valence-corrected chi connectivity index (χ2v) is 4.42. The first-order valence-corrected chi connectivity index (χ1v) is 5.49. The Hall–Kier alpha value is -0.860. The van der Waals surface area contributed by atoms with Crippen molar-refractivity contribution in [1.29, 1.82) is 0 Å². The summed E-state index contributed by atoms with van der Waals surface area (Å²) in [6.07, 6.45) is 3.94. The van der Waals surface area contributed by atoms with Crippen LogP contribution in [0.1, 0.15) is 30.7 Å². The molecule has 2 heteroatoms. The summed E-state index contributed by atoms with van der Waals surface area (Å²) in [6, 6.07) is 12.2. The van der Waals surface area contributed by atoms with E-state index in [4.69, 9.17) is 0 Å². The number of rotatable bonds is 1. The van der Waals surface area contributed by atoms with E-state index in [0.717, 1.165) is 5.92 Å². The van der Waals surface area contributed by atoms with Gasteiger partial charge in [-0.05, 0) is 24.8 Å². The number of nitrogens with one attached hydrogen (secondary N) is 2. The lowest BCUT2D eigenvalue weighted by molar-refractivity contribution is 0.164. The third kappa shape index (κ3) is 1.35. The molecule has 1 saturated carbocycles. The van der Waals surface area contributed by atoms with Crippen molar-refractivity contribution < 1.29 is 0 Å². The van der Waals surface area contributed by atoms with Crippen LogP contribution < -0.4 is 10.9 Å². The summed E-state index contributed by atoms with van der Waals surface area (Å²) in [5.74, 6) is 0.719. The third-order valence-electron chi connectivity index (χ3n) is 3.55. The number of benzene rings is 1. The molecule has 0 spiro atoms. The summed E-state index contributed by atoms with van der Waals surface area (Å²) >= 11 is 0. The van der Waals surface area contributed by atoms with Gasteiger partial charge in [0.25, 0.3) is 0 Å². The van der Waals surface area contributed by atoms with E-state index >= 15 is 0 Å². The van der Waals surface area contributed by atoms with Gasteiger partial charge in [0.1, 0.15) is 0 Å². The van der Waals surface area contributed by atoms with Crippen LogP contribution in [0, 0.1) is 0 Å². The first-order chi connectivity index (χ1) is 6.93. The van der Waals surface area contributed by atoms with Gasteiger partial charge < -0.3 is 0 Å². The van der Waals surface area contributed by atoms with Gasteiger partial charge >= 0.3 is 0 Å². The van der Waals surface area contributed by atoms with Crippen molar-refractivity contribution in [2.75, 3.05) is 0 Å². The molecule has 3 atom stereocenters. The van der Waals surface area contributed by atoms with E-state index in [2.05, 4.69) is 41.2 Å². The van der Waals surface area contributed by atoms with E-state index in [-0.39, 0.29) is 0 Å². The van der Waals surface area contributed by atoms with Crippen molar-refractivity contribution in [3.8, 4) is 0 Å². The van der Waals surface area contributed by atoms with Gasteiger partial charge in [-0.1, -0.05) is 30.3 Å². The average molecular weight is 188 g/mol. The molecule has 0 aromatic heterocycles. The van der Waals surface area contributed by atoms with Gasteiger partial charge in [-0.2, -0.15) is 0 Å². The van der Waals surface area contributed by atoms with Crippen LogP contribution in [0.2, 0.25) is 0 Å². The predicted molar refractivity (Wildman–Crippen MR) is 56.9 cm³/mol. The summed E-state index contributed by atoms with van der Waals surface area (Å²) in [5, 5.41) is 0. The van der Waals surface area contributed by atoms with E-state index in [1.165, 1.54) is 24.8 Å². The van der Waals surface area contributed by atoms with Gasteiger partial charge in [-0.3, -0.25) is 10.9 Å². The zero-order valence-corrected chi connectivity index (χ0v) is 8.24. The Kier molecular flexibility index (Phi) is 2.03. The largest absolute Gasteiger partial charge is 0.254 e. The van der Waals surface area contributed by atoms with Crippen molar-refractivity contribution in [2.45, 2.75) is 37.3 Å². The zero-order chi connectivity index (χ0) is 9.38. The summed E-state index contributed by atoms with van der Waals surface area (Å²) in [7, 11) is 0. The molecule has 3 aliphatic rings. The van der Waals surface area contributed by atoms with Crippen LogP contribution in [0.15, 0.2) is 30.3 Å². The smallest absolute Gasteiger partial charge is 0.0282 e. The predicted octanol–water partition coefficient (Wildman–Crippen LogP) is 1.80. The average Bonchev–Trinajstić information content (AvgIpc) is 2.32. The molecule has 74 valence electrons. The fraction of sp³-hybridized carbons (Fsp3) is 0.500. The minimum absolute atomic E-state index is 0.641.